The lowest BCUT2D eigenvalue weighted by molar-refractivity contribution is 0.382. The summed E-state index contributed by atoms with van der Waals surface area (Å²) in [6.45, 7) is 3.86. The minimum absolute atomic E-state index is 0.298. The van der Waals surface area contributed by atoms with Gasteiger partial charge in [-0.2, -0.15) is 18.9 Å². The van der Waals surface area contributed by atoms with Crippen molar-refractivity contribution in [1.82, 2.24) is 23.9 Å². The Kier molecular flexibility index (Phi) is 4.41. The maximum absolute atomic E-state index is 12.9. The lowest BCUT2D eigenvalue weighted by Gasteiger charge is -2.35. The molecule has 26 heavy (non-hydrogen) atoms. The summed E-state index contributed by atoms with van der Waals surface area (Å²) in [5, 5.41) is 4.23. The molecule has 0 atom stereocenters. The van der Waals surface area contributed by atoms with E-state index in [-0.39, 0.29) is 0 Å². The van der Waals surface area contributed by atoms with E-state index in [4.69, 9.17) is 0 Å². The number of nitrogens with zero attached hydrogens (tertiary/aromatic N) is 6. The number of rotatable bonds is 3. The van der Waals surface area contributed by atoms with E-state index in [0.29, 0.717) is 41.3 Å². The van der Waals surface area contributed by atoms with Crippen LogP contribution < -0.4 is 4.90 Å². The molecule has 0 unspecified atom stereocenters. The average Bonchev–Trinajstić information content (AvgIpc) is 3.09. The summed E-state index contributed by atoms with van der Waals surface area (Å²) in [6.07, 6.45) is 1.47. The SMILES string of the molecule is Cc1cc(N2CCN(S(=O)(=O)c3ccccc3Br)CC2)n2ncnc2n1. The molecule has 1 aliphatic rings. The highest BCUT2D eigenvalue weighted by atomic mass is 79.9. The van der Waals surface area contributed by atoms with Gasteiger partial charge in [0.1, 0.15) is 12.1 Å². The summed E-state index contributed by atoms with van der Waals surface area (Å²) < 4.78 is 29.6. The second-order valence-electron chi connectivity index (χ2n) is 6.05. The van der Waals surface area contributed by atoms with E-state index in [2.05, 4.69) is 35.9 Å². The van der Waals surface area contributed by atoms with Gasteiger partial charge < -0.3 is 4.90 Å². The molecule has 1 aliphatic heterocycles. The van der Waals surface area contributed by atoms with Gasteiger partial charge in [-0.15, -0.1) is 0 Å². The minimum atomic E-state index is -3.53. The van der Waals surface area contributed by atoms with Gasteiger partial charge >= 0.3 is 0 Å². The molecule has 0 bridgehead atoms. The van der Waals surface area contributed by atoms with Crippen molar-refractivity contribution in [1.29, 1.82) is 0 Å². The molecule has 10 heteroatoms. The number of sulfonamides is 1. The quantitative estimate of drug-likeness (QED) is 0.621. The van der Waals surface area contributed by atoms with Crippen molar-refractivity contribution in [3.63, 3.8) is 0 Å². The summed E-state index contributed by atoms with van der Waals surface area (Å²) in [6, 6.07) is 8.84. The van der Waals surface area contributed by atoms with Gasteiger partial charge in [-0.25, -0.2) is 13.4 Å². The highest BCUT2D eigenvalue weighted by molar-refractivity contribution is 9.10. The topological polar surface area (TPSA) is 83.7 Å². The fourth-order valence-corrected chi connectivity index (χ4v) is 5.47. The molecule has 0 saturated carbocycles. The van der Waals surface area contributed by atoms with Crippen LogP contribution >= 0.6 is 15.9 Å². The van der Waals surface area contributed by atoms with Crippen LogP contribution in [-0.4, -0.2) is 58.5 Å². The lowest BCUT2D eigenvalue weighted by atomic mass is 10.3. The summed E-state index contributed by atoms with van der Waals surface area (Å²) in [7, 11) is -3.53. The molecular formula is C16H17BrN6O2S. The van der Waals surface area contributed by atoms with Gasteiger partial charge in [-0.3, -0.25) is 0 Å². The van der Waals surface area contributed by atoms with Crippen LogP contribution in [-0.2, 0) is 10.0 Å². The van der Waals surface area contributed by atoms with Gasteiger partial charge in [0.25, 0.3) is 5.78 Å². The van der Waals surface area contributed by atoms with E-state index in [1.54, 1.807) is 28.8 Å². The number of halogens is 1. The molecule has 3 heterocycles. The van der Waals surface area contributed by atoms with Gasteiger partial charge in [-0.05, 0) is 35.0 Å². The van der Waals surface area contributed by atoms with Crippen LogP contribution in [0.3, 0.4) is 0 Å². The standard InChI is InChI=1S/C16H17BrN6O2S/c1-12-10-15(23-16(20-12)18-11-19-23)21-6-8-22(9-7-21)26(24,25)14-5-3-2-4-13(14)17/h2-5,10-11H,6-9H2,1H3. The van der Waals surface area contributed by atoms with Crippen LogP contribution in [0, 0.1) is 6.92 Å². The van der Waals surface area contributed by atoms with Crippen LogP contribution in [0.2, 0.25) is 0 Å². The second kappa shape index (κ2) is 6.60. The molecule has 4 rings (SSSR count). The van der Waals surface area contributed by atoms with E-state index in [0.717, 1.165) is 11.5 Å². The average molecular weight is 437 g/mol. The predicted molar refractivity (Wildman–Crippen MR) is 101 cm³/mol. The van der Waals surface area contributed by atoms with Crippen molar-refractivity contribution < 1.29 is 8.42 Å². The van der Waals surface area contributed by atoms with Crippen molar-refractivity contribution in [2.45, 2.75) is 11.8 Å². The van der Waals surface area contributed by atoms with E-state index in [1.165, 1.54) is 10.6 Å². The van der Waals surface area contributed by atoms with Gasteiger partial charge in [-0.1, -0.05) is 12.1 Å². The summed E-state index contributed by atoms with van der Waals surface area (Å²) >= 11 is 3.34. The second-order valence-corrected chi connectivity index (χ2v) is 8.81. The predicted octanol–water partition coefficient (Wildman–Crippen LogP) is 1.71. The highest BCUT2D eigenvalue weighted by Crippen LogP contribution is 2.26. The van der Waals surface area contributed by atoms with E-state index >= 15 is 0 Å². The number of hydrogen-bond acceptors (Lipinski definition) is 6. The normalized spacial score (nSPS) is 16.3. The third kappa shape index (κ3) is 2.97. The van der Waals surface area contributed by atoms with Crippen molar-refractivity contribution in [3.8, 4) is 0 Å². The van der Waals surface area contributed by atoms with Crippen LogP contribution in [0.1, 0.15) is 5.69 Å². The molecule has 0 spiro atoms. The van der Waals surface area contributed by atoms with Crippen LogP contribution in [0.25, 0.3) is 5.78 Å². The van der Waals surface area contributed by atoms with Crippen molar-refractivity contribution >= 4 is 37.5 Å². The fraction of sp³-hybridized carbons (Fsp3) is 0.312. The molecule has 1 saturated heterocycles. The zero-order valence-electron chi connectivity index (χ0n) is 14.1. The number of fused-ring (bicyclic) bond motifs is 1. The van der Waals surface area contributed by atoms with Crippen molar-refractivity contribution in [3.05, 3.63) is 46.8 Å². The number of aromatic nitrogens is 4. The molecule has 3 aromatic rings. The minimum Gasteiger partial charge on any atom is -0.354 e. The summed E-state index contributed by atoms with van der Waals surface area (Å²) in [5.74, 6) is 1.42. The first-order chi connectivity index (χ1) is 12.5. The Bertz CT molecular complexity index is 1060. The molecule has 0 aliphatic carbocycles. The molecule has 1 fully saturated rings. The molecule has 0 N–H and O–H groups in total. The third-order valence-corrected chi connectivity index (χ3v) is 7.29. The van der Waals surface area contributed by atoms with Crippen molar-refractivity contribution in [2.24, 2.45) is 0 Å². The first-order valence-corrected chi connectivity index (χ1v) is 10.4. The Hall–Kier alpha value is -2.04. The number of hydrogen-bond donors (Lipinski definition) is 0. The number of piperazine rings is 1. The first-order valence-electron chi connectivity index (χ1n) is 8.14. The zero-order chi connectivity index (χ0) is 18.3. The molecule has 1 aromatic carbocycles. The van der Waals surface area contributed by atoms with E-state index in [9.17, 15) is 8.42 Å². The maximum atomic E-state index is 12.9. The summed E-state index contributed by atoms with van der Waals surface area (Å²) in [5.41, 5.74) is 0.851. The maximum Gasteiger partial charge on any atom is 0.254 e. The highest BCUT2D eigenvalue weighted by Gasteiger charge is 2.30. The third-order valence-electron chi connectivity index (χ3n) is 4.38. The van der Waals surface area contributed by atoms with Gasteiger partial charge in [0.2, 0.25) is 10.0 Å². The Morgan fingerprint density at radius 2 is 1.85 bits per heavy atom. The Labute approximate surface area is 159 Å². The first kappa shape index (κ1) is 17.4. The number of benzene rings is 1. The number of aryl methyl sites for hydroxylation is 1. The largest absolute Gasteiger partial charge is 0.354 e. The van der Waals surface area contributed by atoms with Gasteiger partial charge in [0.05, 0.1) is 4.90 Å². The molecule has 8 nitrogen and oxygen atoms in total. The van der Waals surface area contributed by atoms with Gasteiger partial charge in [0.15, 0.2) is 0 Å². The fourth-order valence-electron chi connectivity index (χ4n) is 3.09. The Morgan fingerprint density at radius 3 is 2.58 bits per heavy atom. The molecular weight excluding hydrogens is 420 g/mol. The monoisotopic (exact) mass is 436 g/mol. The molecule has 0 amide bonds. The Balaban J connectivity index is 1.58. The molecule has 2 aromatic heterocycles. The van der Waals surface area contributed by atoms with Gasteiger partial charge in [0, 0.05) is 42.4 Å². The number of anilines is 1. The van der Waals surface area contributed by atoms with Crippen LogP contribution in [0.5, 0.6) is 0 Å². The van der Waals surface area contributed by atoms with E-state index in [1.807, 2.05) is 13.0 Å². The molecule has 136 valence electrons. The zero-order valence-corrected chi connectivity index (χ0v) is 16.5. The van der Waals surface area contributed by atoms with E-state index < -0.39 is 10.0 Å². The van der Waals surface area contributed by atoms with Crippen LogP contribution in [0.15, 0.2) is 46.0 Å². The summed E-state index contributed by atoms with van der Waals surface area (Å²) in [4.78, 5) is 10.9. The lowest BCUT2D eigenvalue weighted by Crippen LogP contribution is -2.49. The van der Waals surface area contributed by atoms with Crippen molar-refractivity contribution in [2.75, 3.05) is 31.1 Å². The Morgan fingerprint density at radius 1 is 1.12 bits per heavy atom. The smallest absolute Gasteiger partial charge is 0.254 e. The van der Waals surface area contributed by atoms with Crippen LogP contribution in [0.4, 0.5) is 5.82 Å². The molecule has 0 radical (unpaired) electrons.